The number of benzene rings is 1. The van der Waals surface area contributed by atoms with Gasteiger partial charge in [0, 0.05) is 37.6 Å². The molecule has 0 aromatic heterocycles. The molecule has 0 saturated carbocycles. The van der Waals surface area contributed by atoms with Crippen LogP contribution in [0.3, 0.4) is 0 Å². The lowest BCUT2D eigenvalue weighted by atomic mass is 9.94. The van der Waals surface area contributed by atoms with Crippen molar-refractivity contribution in [3.8, 4) is 0 Å². The normalized spacial score (nSPS) is 17.1. The Kier molecular flexibility index (Phi) is 5.44. The first-order chi connectivity index (χ1) is 9.58. The van der Waals surface area contributed by atoms with Gasteiger partial charge in [-0.05, 0) is 36.5 Å². The molecule has 1 saturated heterocycles. The maximum atomic E-state index is 12.1. The van der Waals surface area contributed by atoms with Crippen molar-refractivity contribution in [2.45, 2.75) is 32.6 Å². The zero-order valence-electron chi connectivity index (χ0n) is 12.3. The summed E-state index contributed by atoms with van der Waals surface area (Å²) in [5.41, 5.74) is 2.37. The summed E-state index contributed by atoms with van der Waals surface area (Å²) in [7, 11) is 0. The number of amides is 1. The van der Waals surface area contributed by atoms with Crippen molar-refractivity contribution in [1.29, 1.82) is 0 Å². The molecule has 1 atom stereocenters. The number of rotatable bonds is 4. The van der Waals surface area contributed by atoms with Gasteiger partial charge in [-0.1, -0.05) is 30.7 Å². The highest BCUT2D eigenvalue weighted by Gasteiger charge is 2.17. The Morgan fingerprint density at radius 3 is 2.75 bits per heavy atom. The molecule has 1 N–H and O–H groups in total. The second-order valence-corrected chi connectivity index (χ2v) is 5.99. The second-order valence-electron chi connectivity index (χ2n) is 5.58. The van der Waals surface area contributed by atoms with Gasteiger partial charge in [0.2, 0.25) is 5.91 Å². The molecule has 1 aromatic rings. The number of nitrogens with zero attached hydrogens (tertiary/aromatic N) is 1. The summed E-state index contributed by atoms with van der Waals surface area (Å²) in [6.45, 7) is 7.70. The molecular weight excluding hydrogens is 272 g/mol. The predicted octanol–water partition coefficient (Wildman–Crippen LogP) is 2.96. The number of aryl methyl sites for hydroxylation is 1. The molecule has 1 aromatic carbocycles. The van der Waals surface area contributed by atoms with E-state index in [1.165, 1.54) is 5.56 Å². The van der Waals surface area contributed by atoms with Gasteiger partial charge in [-0.3, -0.25) is 4.79 Å². The van der Waals surface area contributed by atoms with E-state index in [1.54, 1.807) is 0 Å². The van der Waals surface area contributed by atoms with E-state index in [9.17, 15) is 4.79 Å². The fourth-order valence-electron chi connectivity index (χ4n) is 2.55. The van der Waals surface area contributed by atoms with Gasteiger partial charge < -0.3 is 10.2 Å². The number of piperazine rings is 1. The molecule has 0 spiro atoms. The average Bonchev–Trinajstić information content (AvgIpc) is 2.48. The number of halogens is 1. The van der Waals surface area contributed by atoms with Crippen molar-refractivity contribution in [1.82, 2.24) is 10.2 Å². The minimum Gasteiger partial charge on any atom is -0.340 e. The topological polar surface area (TPSA) is 32.3 Å². The molecule has 2 rings (SSSR count). The van der Waals surface area contributed by atoms with E-state index in [0.29, 0.717) is 12.3 Å². The molecule has 1 fully saturated rings. The van der Waals surface area contributed by atoms with Crippen LogP contribution in [0.25, 0.3) is 0 Å². The van der Waals surface area contributed by atoms with Crippen LogP contribution < -0.4 is 5.32 Å². The summed E-state index contributed by atoms with van der Waals surface area (Å²) >= 11 is 6.05. The van der Waals surface area contributed by atoms with Crippen molar-refractivity contribution in [2.75, 3.05) is 26.2 Å². The lowest BCUT2D eigenvalue weighted by Gasteiger charge is -2.28. The van der Waals surface area contributed by atoms with Crippen molar-refractivity contribution in [3.05, 3.63) is 34.3 Å². The minimum atomic E-state index is 0.282. The molecule has 1 heterocycles. The molecule has 0 bridgehead atoms. The van der Waals surface area contributed by atoms with E-state index in [2.05, 4.69) is 24.4 Å². The van der Waals surface area contributed by atoms with E-state index < -0.39 is 0 Å². The molecule has 1 amide bonds. The second kappa shape index (κ2) is 7.09. The van der Waals surface area contributed by atoms with Crippen molar-refractivity contribution < 1.29 is 4.79 Å². The molecule has 1 aliphatic heterocycles. The SMILES string of the molecule is Cc1cc(C(C)CCC(=O)N2CCNCC2)ccc1Cl. The largest absolute Gasteiger partial charge is 0.340 e. The van der Waals surface area contributed by atoms with Crippen LogP contribution in [0, 0.1) is 6.92 Å². The van der Waals surface area contributed by atoms with Gasteiger partial charge in [0.05, 0.1) is 0 Å². The first-order valence-corrected chi connectivity index (χ1v) is 7.70. The summed E-state index contributed by atoms with van der Waals surface area (Å²) < 4.78 is 0. The van der Waals surface area contributed by atoms with E-state index in [0.717, 1.165) is 43.2 Å². The molecule has 1 unspecified atom stereocenters. The molecule has 1 aliphatic rings. The zero-order valence-corrected chi connectivity index (χ0v) is 13.0. The van der Waals surface area contributed by atoms with Gasteiger partial charge >= 0.3 is 0 Å². The predicted molar refractivity (Wildman–Crippen MR) is 83.3 cm³/mol. The van der Waals surface area contributed by atoms with Crippen LogP contribution in [-0.4, -0.2) is 37.0 Å². The fourth-order valence-corrected chi connectivity index (χ4v) is 2.67. The Morgan fingerprint density at radius 2 is 2.10 bits per heavy atom. The van der Waals surface area contributed by atoms with Gasteiger partial charge in [-0.15, -0.1) is 0 Å². The van der Waals surface area contributed by atoms with Gasteiger partial charge in [-0.2, -0.15) is 0 Å². The molecule has 0 aliphatic carbocycles. The summed E-state index contributed by atoms with van der Waals surface area (Å²) in [6.07, 6.45) is 1.52. The zero-order chi connectivity index (χ0) is 14.5. The summed E-state index contributed by atoms with van der Waals surface area (Å²) in [6, 6.07) is 6.14. The van der Waals surface area contributed by atoms with E-state index in [-0.39, 0.29) is 5.91 Å². The fraction of sp³-hybridized carbons (Fsp3) is 0.562. The number of hydrogen-bond donors (Lipinski definition) is 1. The standard InChI is InChI=1S/C16H23ClN2O/c1-12(14-4-5-15(17)13(2)11-14)3-6-16(20)19-9-7-18-8-10-19/h4-5,11-12,18H,3,6-10H2,1-2H3. The molecule has 110 valence electrons. The van der Waals surface area contributed by atoms with Crippen molar-refractivity contribution >= 4 is 17.5 Å². The van der Waals surface area contributed by atoms with E-state index >= 15 is 0 Å². The third-order valence-corrected chi connectivity index (χ3v) is 4.44. The van der Waals surface area contributed by atoms with Gasteiger partial charge in [-0.25, -0.2) is 0 Å². The van der Waals surface area contributed by atoms with Gasteiger partial charge in [0.15, 0.2) is 0 Å². The third-order valence-electron chi connectivity index (χ3n) is 4.01. The highest BCUT2D eigenvalue weighted by Crippen LogP contribution is 2.25. The third kappa shape index (κ3) is 3.97. The van der Waals surface area contributed by atoms with E-state index in [1.807, 2.05) is 17.9 Å². The van der Waals surface area contributed by atoms with Crippen LogP contribution in [0.1, 0.15) is 36.8 Å². The summed E-state index contributed by atoms with van der Waals surface area (Å²) in [5.74, 6) is 0.668. The smallest absolute Gasteiger partial charge is 0.222 e. The average molecular weight is 295 g/mol. The number of carbonyl (C=O) groups excluding carboxylic acids is 1. The maximum absolute atomic E-state index is 12.1. The summed E-state index contributed by atoms with van der Waals surface area (Å²) in [4.78, 5) is 14.1. The van der Waals surface area contributed by atoms with Crippen LogP contribution in [0.15, 0.2) is 18.2 Å². The Morgan fingerprint density at radius 1 is 1.40 bits per heavy atom. The van der Waals surface area contributed by atoms with Crippen LogP contribution in [0.2, 0.25) is 5.02 Å². The highest BCUT2D eigenvalue weighted by molar-refractivity contribution is 6.31. The number of hydrogen-bond acceptors (Lipinski definition) is 2. The highest BCUT2D eigenvalue weighted by atomic mass is 35.5. The minimum absolute atomic E-state index is 0.282. The Hall–Kier alpha value is -1.06. The van der Waals surface area contributed by atoms with Gasteiger partial charge in [0.1, 0.15) is 0 Å². The molecule has 4 heteroatoms. The molecule has 20 heavy (non-hydrogen) atoms. The molecule has 0 radical (unpaired) electrons. The van der Waals surface area contributed by atoms with E-state index in [4.69, 9.17) is 11.6 Å². The lowest BCUT2D eigenvalue weighted by molar-refractivity contribution is -0.131. The Balaban J connectivity index is 1.86. The van der Waals surface area contributed by atoms with Gasteiger partial charge in [0.25, 0.3) is 0 Å². The van der Waals surface area contributed by atoms with Crippen LogP contribution >= 0.6 is 11.6 Å². The molecule has 3 nitrogen and oxygen atoms in total. The summed E-state index contributed by atoms with van der Waals surface area (Å²) in [5, 5.41) is 4.07. The van der Waals surface area contributed by atoms with Crippen LogP contribution in [0.4, 0.5) is 0 Å². The Labute approximate surface area is 126 Å². The lowest BCUT2D eigenvalue weighted by Crippen LogP contribution is -2.46. The maximum Gasteiger partial charge on any atom is 0.222 e. The monoisotopic (exact) mass is 294 g/mol. The van der Waals surface area contributed by atoms with Crippen LogP contribution in [-0.2, 0) is 4.79 Å². The molecular formula is C16H23ClN2O. The first-order valence-electron chi connectivity index (χ1n) is 7.32. The quantitative estimate of drug-likeness (QED) is 0.926. The van der Waals surface area contributed by atoms with Crippen molar-refractivity contribution in [3.63, 3.8) is 0 Å². The first kappa shape index (κ1) is 15.3. The van der Waals surface area contributed by atoms with Crippen molar-refractivity contribution in [2.24, 2.45) is 0 Å². The number of nitrogens with one attached hydrogen (secondary N) is 1. The Bertz CT molecular complexity index is 470. The van der Waals surface area contributed by atoms with Crippen LogP contribution in [0.5, 0.6) is 0 Å². The number of carbonyl (C=O) groups is 1.